The molecule has 28 heavy (non-hydrogen) atoms. The molecule has 2 heterocycles. The van der Waals surface area contributed by atoms with Crippen LogP contribution in [0.1, 0.15) is 16.4 Å². The molecule has 0 bridgehead atoms. The summed E-state index contributed by atoms with van der Waals surface area (Å²) in [4.78, 5) is 26.2. The Labute approximate surface area is 170 Å². The molecule has 2 atom stereocenters. The second kappa shape index (κ2) is 7.85. The van der Waals surface area contributed by atoms with Crippen molar-refractivity contribution in [1.29, 1.82) is 0 Å². The van der Waals surface area contributed by atoms with Crippen LogP contribution in [0.4, 0.5) is 0 Å². The third-order valence-corrected chi connectivity index (χ3v) is 7.23. The van der Waals surface area contributed by atoms with Crippen molar-refractivity contribution in [3.05, 3.63) is 74.7 Å². The first-order chi connectivity index (χ1) is 13.6. The van der Waals surface area contributed by atoms with Crippen molar-refractivity contribution in [1.82, 2.24) is 4.57 Å². The summed E-state index contributed by atoms with van der Waals surface area (Å²) in [6.07, 6.45) is 0. The van der Waals surface area contributed by atoms with Crippen molar-refractivity contribution in [3.8, 4) is 11.4 Å². The topological polar surface area (TPSA) is 57.5 Å². The van der Waals surface area contributed by atoms with Gasteiger partial charge in [0.25, 0.3) is 0 Å². The fourth-order valence-corrected chi connectivity index (χ4v) is 6.20. The number of aromatic nitrogens is 1. The standard InChI is InChI=1S/C21H19NO4S2/c1-25-15-10-8-13(9-11-15)17-16(20(23)26-2)12-27-19-18(17)28-21(24)22(19)14-6-4-3-5-7-14/h3-11,16-17H,12H2,1-2H3/t16-,17+/m1/s1. The Bertz CT molecular complexity index is 1040. The number of rotatable bonds is 4. The summed E-state index contributed by atoms with van der Waals surface area (Å²) in [7, 11) is 3.03. The van der Waals surface area contributed by atoms with E-state index in [2.05, 4.69) is 0 Å². The Morgan fingerprint density at radius 1 is 1.07 bits per heavy atom. The fraction of sp³-hybridized carbons (Fsp3) is 0.238. The van der Waals surface area contributed by atoms with E-state index in [4.69, 9.17) is 9.47 Å². The van der Waals surface area contributed by atoms with E-state index in [9.17, 15) is 9.59 Å². The van der Waals surface area contributed by atoms with Crippen molar-refractivity contribution in [2.45, 2.75) is 10.9 Å². The molecule has 0 saturated heterocycles. The number of thiazole rings is 1. The molecule has 1 aliphatic heterocycles. The molecule has 0 fully saturated rings. The smallest absolute Gasteiger partial charge is 0.312 e. The van der Waals surface area contributed by atoms with Crippen LogP contribution >= 0.6 is 23.1 Å². The zero-order valence-corrected chi connectivity index (χ0v) is 17.1. The highest BCUT2D eigenvalue weighted by Gasteiger charge is 2.40. The van der Waals surface area contributed by atoms with Crippen LogP contribution in [-0.2, 0) is 9.53 Å². The van der Waals surface area contributed by atoms with Crippen LogP contribution in [0.25, 0.3) is 5.69 Å². The second-order valence-corrected chi connectivity index (χ2v) is 8.40. The average molecular weight is 414 g/mol. The number of carbonyl (C=O) groups excluding carboxylic acids is 1. The molecule has 4 rings (SSSR count). The number of thioether (sulfide) groups is 1. The van der Waals surface area contributed by atoms with Crippen molar-refractivity contribution >= 4 is 29.1 Å². The Balaban J connectivity index is 1.87. The predicted molar refractivity (Wildman–Crippen MR) is 111 cm³/mol. The summed E-state index contributed by atoms with van der Waals surface area (Å²) in [5, 5.41) is 0.905. The highest BCUT2D eigenvalue weighted by atomic mass is 32.2. The predicted octanol–water partition coefficient (Wildman–Crippen LogP) is 3.93. The quantitative estimate of drug-likeness (QED) is 0.607. The molecule has 3 aromatic rings. The van der Waals surface area contributed by atoms with Gasteiger partial charge in [0.1, 0.15) is 5.75 Å². The SMILES string of the molecule is COC(=O)[C@@H]1CSc2c(sc(=O)n2-c2ccccc2)[C@H]1c1ccc(OC)cc1. The van der Waals surface area contributed by atoms with E-state index < -0.39 is 0 Å². The maximum atomic E-state index is 12.9. The van der Waals surface area contributed by atoms with Gasteiger partial charge in [0, 0.05) is 16.5 Å². The van der Waals surface area contributed by atoms with Crippen LogP contribution < -0.4 is 9.61 Å². The van der Waals surface area contributed by atoms with E-state index in [-0.39, 0.29) is 22.7 Å². The average Bonchev–Trinajstić information content (AvgIpc) is 3.09. The molecule has 0 amide bonds. The summed E-state index contributed by atoms with van der Waals surface area (Å²) in [6, 6.07) is 17.3. The number of esters is 1. The van der Waals surface area contributed by atoms with Gasteiger partial charge in [-0.3, -0.25) is 14.2 Å². The first kappa shape index (κ1) is 18.8. The molecule has 7 heteroatoms. The molecule has 5 nitrogen and oxygen atoms in total. The zero-order valence-electron chi connectivity index (χ0n) is 15.5. The monoisotopic (exact) mass is 413 g/mol. The Morgan fingerprint density at radius 2 is 1.79 bits per heavy atom. The molecular weight excluding hydrogens is 394 g/mol. The number of hydrogen-bond donors (Lipinski definition) is 0. The molecular formula is C21H19NO4S2. The maximum absolute atomic E-state index is 12.9. The van der Waals surface area contributed by atoms with Gasteiger partial charge in [0.05, 0.1) is 30.9 Å². The van der Waals surface area contributed by atoms with Crippen molar-refractivity contribution in [3.63, 3.8) is 0 Å². The van der Waals surface area contributed by atoms with Gasteiger partial charge in [-0.2, -0.15) is 0 Å². The third-order valence-electron chi connectivity index (χ3n) is 4.87. The largest absolute Gasteiger partial charge is 0.497 e. The van der Waals surface area contributed by atoms with Crippen LogP contribution in [0.2, 0.25) is 0 Å². The Kier molecular flexibility index (Phi) is 5.28. The number of carbonyl (C=O) groups is 1. The highest BCUT2D eigenvalue weighted by Crippen LogP contribution is 2.47. The Hall–Kier alpha value is -2.51. The molecule has 0 N–H and O–H groups in total. The summed E-state index contributed by atoms with van der Waals surface area (Å²) < 4.78 is 12.1. The lowest BCUT2D eigenvalue weighted by molar-refractivity contribution is -0.145. The van der Waals surface area contributed by atoms with Crippen molar-refractivity contribution in [2.24, 2.45) is 5.92 Å². The van der Waals surface area contributed by atoms with Gasteiger partial charge >= 0.3 is 10.8 Å². The van der Waals surface area contributed by atoms with Crippen LogP contribution in [0.3, 0.4) is 0 Å². The zero-order chi connectivity index (χ0) is 19.7. The lowest BCUT2D eigenvalue weighted by Crippen LogP contribution is -2.29. The number of ether oxygens (including phenoxy) is 2. The van der Waals surface area contributed by atoms with Gasteiger partial charge in [0.2, 0.25) is 0 Å². The molecule has 0 radical (unpaired) electrons. The summed E-state index contributed by atoms with van der Waals surface area (Å²) in [5.74, 6) is 0.472. The van der Waals surface area contributed by atoms with E-state index in [0.29, 0.717) is 5.75 Å². The van der Waals surface area contributed by atoms with Gasteiger partial charge in [-0.25, -0.2) is 0 Å². The second-order valence-electron chi connectivity index (χ2n) is 6.40. The number of hydrogen-bond acceptors (Lipinski definition) is 6. The minimum Gasteiger partial charge on any atom is -0.497 e. The van der Waals surface area contributed by atoms with Gasteiger partial charge in [-0.15, -0.1) is 11.8 Å². The third kappa shape index (κ3) is 3.25. The van der Waals surface area contributed by atoms with Crippen molar-refractivity contribution < 1.29 is 14.3 Å². The molecule has 0 spiro atoms. The molecule has 1 aliphatic rings. The normalized spacial score (nSPS) is 18.4. The number of fused-ring (bicyclic) bond motifs is 1. The van der Waals surface area contributed by atoms with Crippen LogP contribution in [-0.4, -0.2) is 30.5 Å². The number of benzene rings is 2. The minimum absolute atomic E-state index is 0.0484. The maximum Gasteiger partial charge on any atom is 0.312 e. The van der Waals surface area contributed by atoms with Gasteiger partial charge in [-0.05, 0) is 29.8 Å². The van der Waals surface area contributed by atoms with E-state index in [0.717, 1.165) is 26.9 Å². The lowest BCUT2D eigenvalue weighted by atomic mass is 9.85. The van der Waals surface area contributed by atoms with E-state index in [1.54, 1.807) is 11.7 Å². The number of nitrogens with zero attached hydrogens (tertiary/aromatic N) is 1. The minimum atomic E-state index is -0.349. The van der Waals surface area contributed by atoms with E-state index in [1.807, 2.05) is 54.6 Å². The lowest BCUT2D eigenvalue weighted by Gasteiger charge is -2.30. The van der Waals surface area contributed by atoms with Crippen LogP contribution in [0, 0.1) is 5.92 Å². The van der Waals surface area contributed by atoms with Gasteiger partial charge in [0.15, 0.2) is 0 Å². The van der Waals surface area contributed by atoms with Crippen LogP contribution in [0.15, 0.2) is 64.4 Å². The number of para-hydroxylation sites is 1. The molecule has 2 aromatic carbocycles. The Morgan fingerprint density at radius 3 is 2.43 bits per heavy atom. The first-order valence-electron chi connectivity index (χ1n) is 8.79. The fourth-order valence-electron chi connectivity index (χ4n) is 3.51. The van der Waals surface area contributed by atoms with E-state index in [1.165, 1.54) is 30.2 Å². The molecule has 0 saturated carbocycles. The highest BCUT2D eigenvalue weighted by molar-refractivity contribution is 7.99. The van der Waals surface area contributed by atoms with Crippen LogP contribution in [0.5, 0.6) is 5.75 Å². The molecule has 144 valence electrons. The molecule has 0 aliphatic carbocycles. The summed E-state index contributed by atoms with van der Waals surface area (Å²) in [6.45, 7) is 0. The first-order valence-corrected chi connectivity index (χ1v) is 10.6. The van der Waals surface area contributed by atoms with E-state index >= 15 is 0 Å². The van der Waals surface area contributed by atoms with Gasteiger partial charge in [-0.1, -0.05) is 41.7 Å². The molecule has 0 unspecified atom stereocenters. The molecule has 1 aromatic heterocycles. The summed E-state index contributed by atoms with van der Waals surface area (Å²) >= 11 is 2.74. The summed E-state index contributed by atoms with van der Waals surface area (Å²) in [5.41, 5.74) is 1.81. The number of methoxy groups -OCH3 is 2. The van der Waals surface area contributed by atoms with Crippen molar-refractivity contribution in [2.75, 3.05) is 20.0 Å². The van der Waals surface area contributed by atoms with Gasteiger partial charge < -0.3 is 9.47 Å².